The van der Waals surface area contributed by atoms with Crippen LogP contribution in [0.15, 0.2) is 71.5 Å². The third-order valence-corrected chi connectivity index (χ3v) is 6.47. The zero-order valence-corrected chi connectivity index (χ0v) is 21.8. The molecular weight excluding hydrogens is 466 g/mol. The van der Waals surface area contributed by atoms with E-state index in [1.807, 2.05) is 48.5 Å². The van der Waals surface area contributed by atoms with Gasteiger partial charge in [-0.25, -0.2) is 0 Å². The highest BCUT2D eigenvalue weighted by Crippen LogP contribution is 2.32. The molecule has 4 aromatic rings. The summed E-state index contributed by atoms with van der Waals surface area (Å²) in [5.74, 6) is 0.748. The van der Waals surface area contributed by atoms with E-state index in [1.165, 1.54) is 15.7 Å². The Bertz CT molecular complexity index is 1440. The second-order valence-electron chi connectivity index (χ2n) is 8.83. The number of carbonyl (C=O) groups is 1. The van der Waals surface area contributed by atoms with Crippen molar-refractivity contribution in [2.75, 3.05) is 24.9 Å². The van der Waals surface area contributed by atoms with Gasteiger partial charge in [0.05, 0.1) is 19.7 Å². The van der Waals surface area contributed by atoms with E-state index >= 15 is 0 Å². The van der Waals surface area contributed by atoms with Gasteiger partial charge in [0.25, 0.3) is 5.56 Å². The van der Waals surface area contributed by atoms with Crippen molar-refractivity contribution in [1.82, 2.24) is 4.57 Å². The predicted molar refractivity (Wildman–Crippen MR) is 149 cm³/mol. The first kappa shape index (κ1) is 25.8. The van der Waals surface area contributed by atoms with Crippen molar-refractivity contribution in [2.24, 2.45) is 0 Å². The Morgan fingerprint density at radius 2 is 1.38 bits per heavy atom. The first-order valence-electron chi connectivity index (χ1n) is 12.5. The quantitative estimate of drug-likeness (QED) is 0.306. The van der Waals surface area contributed by atoms with Gasteiger partial charge in [0.2, 0.25) is 5.91 Å². The van der Waals surface area contributed by atoms with Crippen LogP contribution in [0.25, 0.3) is 10.9 Å². The number of anilines is 2. The minimum Gasteiger partial charge on any atom is -0.493 e. The number of hydrogen-bond acceptors (Lipinski definition) is 5. The summed E-state index contributed by atoms with van der Waals surface area (Å²) in [6.45, 7) is 4.37. The lowest BCUT2D eigenvalue weighted by atomic mass is 10.1. The van der Waals surface area contributed by atoms with Crippen molar-refractivity contribution in [2.45, 2.75) is 39.8 Å². The number of benzene rings is 3. The maximum Gasteiger partial charge on any atom is 0.256 e. The standard InChI is InChI=1S/C30H33N3O4/c1-5-20-7-11-24(12-8-20)31-18-23-15-22-16-27(36-3)28(37-4)17-26(22)33(30(23)35)19-29(34)32-25-13-9-21(6-2)10-14-25/h7-17,31H,5-6,18-19H2,1-4H3,(H,32,34). The molecule has 7 nitrogen and oxygen atoms in total. The van der Waals surface area contributed by atoms with Crippen LogP contribution in [-0.2, 0) is 30.7 Å². The second-order valence-corrected chi connectivity index (χ2v) is 8.83. The van der Waals surface area contributed by atoms with E-state index in [1.54, 1.807) is 20.3 Å². The van der Waals surface area contributed by atoms with E-state index in [9.17, 15) is 9.59 Å². The van der Waals surface area contributed by atoms with E-state index in [4.69, 9.17) is 9.47 Å². The molecule has 37 heavy (non-hydrogen) atoms. The van der Waals surface area contributed by atoms with Crippen molar-refractivity contribution < 1.29 is 14.3 Å². The van der Waals surface area contributed by atoms with Crippen LogP contribution in [0.1, 0.15) is 30.5 Å². The van der Waals surface area contributed by atoms with Gasteiger partial charge < -0.3 is 20.1 Å². The van der Waals surface area contributed by atoms with Gasteiger partial charge in [-0.15, -0.1) is 0 Å². The monoisotopic (exact) mass is 499 g/mol. The molecule has 0 unspecified atom stereocenters. The number of aromatic nitrogens is 1. The summed E-state index contributed by atoms with van der Waals surface area (Å²) in [4.78, 5) is 26.6. The smallest absolute Gasteiger partial charge is 0.256 e. The van der Waals surface area contributed by atoms with Gasteiger partial charge in [0.1, 0.15) is 6.54 Å². The van der Waals surface area contributed by atoms with E-state index in [2.05, 4.69) is 36.6 Å². The van der Waals surface area contributed by atoms with E-state index in [0.29, 0.717) is 34.8 Å². The average Bonchev–Trinajstić information content (AvgIpc) is 2.93. The van der Waals surface area contributed by atoms with Crippen LogP contribution in [0, 0.1) is 0 Å². The predicted octanol–water partition coefficient (Wildman–Crippen LogP) is 5.39. The van der Waals surface area contributed by atoms with Crippen LogP contribution in [-0.4, -0.2) is 24.7 Å². The molecule has 0 bridgehead atoms. The number of methoxy groups -OCH3 is 2. The summed E-state index contributed by atoms with van der Waals surface area (Å²) in [5, 5.41) is 7.01. The Balaban J connectivity index is 1.68. The molecule has 0 fully saturated rings. The van der Waals surface area contributed by atoms with Crippen LogP contribution in [0.2, 0.25) is 0 Å². The molecule has 4 rings (SSSR count). The number of ether oxygens (including phenoxy) is 2. The lowest BCUT2D eigenvalue weighted by Gasteiger charge is -2.16. The Hall–Kier alpha value is -4.26. The second kappa shape index (κ2) is 11.6. The van der Waals surface area contributed by atoms with Gasteiger partial charge in [-0.05, 0) is 60.4 Å². The SMILES string of the molecule is CCc1ccc(NCc2cc3cc(OC)c(OC)cc3n(CC(=O)Nc3ccc(CC)cc3)c2=O)cc1. The summed E-state index contributed by atoms with van der Waals surface area (Å²) in [5.41, 5.74) is 4.93. The summed E-state index contributed by atoms with van der Waals surface area (Å²) < 4.78 is 12.4. The molecule has 0 aliphatic carbocycles. The molecule has 1 heterocycles. The molecule has 0 radical (unpaired) electrons. The Labute approximate surface area is 217 Å². The molecule has 0 spiro atoms. The zero-order valence-electron chi connectivity index (χ0n) is 21.8. The zero-order chi connectivity index (χ0) is 26.4. The average molecular weight is 500 g/mol. The molecule has 2 N–H and O–H groups in total. The number of hydrogen-bond donors (Lipinski definition) is 2. The number of nitrogens with zero attached hydrogens (tertiary/aromatic N) is 1. The number of fused-ring (bicyclic) bond motifs is 1. The highest BCUT2D eigenvalue weighted by atomic mass is 16.5. The highest BCUT2D eigenvalue weighted by Gasteiger charge is 2.16. The minimum absolute atomic E-state index is 0.140. The van der Waals surface area contributed by atoms with Gasteiger partial charge in [0, 0.05) is 34.9 Å². The van der Waals surface area contributed by atoms with Gasteiger partial charge in [-0.3, -0.25) is 14.2 Å². The molecule has 0 aliphatic heterocycles. The third kappa shape index (κ3) is 5.94. The molecule has 1 amide bonds. The largest absolute Gasteiger partial charge is 0.493 e. The summed E-state index contributed by atoms with van der Waals surface area (Å²) in [6.07, 6.45) is 1.89. The van der Waals surface area contributed by atoms with E-state index < -0.39 is 0 Å². The van der Waals surface area contributed by atoms with Crippen LogP contribution < -0.4 is 25.7 Å². The van der Waals surface area contributed by atoms with Crippen molar-refractivity contribution in [3.63, 3.8) is 0 Å². The number of amides is 1. The highest BCUT2D eigenvalue weighted by molar-refractivity contribution is 5.92. The number of pyridine rings is 1. The van der Waals surface area contributed by atoms with Crippen LogP contribution >= 0.6 is 0 Å². The van der Waals surface area contributed by atoms with Crippen molar-refractivity contribution >= 4 is 28.2 Å². The fourth-order valence-electron chi connectivity index (χ4n) is 4.27. The van der Waals surface area contributed by atoms with Crippen LogP contribution in [0.3, 0.4) is 0 Å². The topological polar surface area (TPSA) is 81.6 Å². The Morgan fingerprint density at radius 1 is 0.811 bits per heavy atom. The number of nitrogens with one attached hydrogen (secondary N) is 2. The summed E-state index contributed by atoms with van der Waals surface area (Å²) in [6, 6.07) is 21.2. The lowest BCUT2D eigenvalue weighted by Crippen LogP contribution is -2.30. The summed E-state index contributed by atoms with van der Waals surface area (Å²) in [7, 11) is 3.11. The Kier molecular flexibility index (Phi) is 8.13. The Morgan fingerprint density at radius 3 is 1.95 bits per heavy atom. The van der Waals surface area contributed by atoms with Gasteiger partial charge >= 0.3 is 0 Å². The van der Waals surface area contributed by atoms with Gasteiger partial charge in [-0.1, -0.05) is 38.1 Å². The van der Waals surface area contributed by atoms with Crippen molar-refractivity contribution in [3.8, 4) is 11.5 Å². The molecule has 0 saturated carbocycles. The van der Waals surface area contributed by atoms with Crippen LogP contribution in [0.4, 0.5) is 11.4 Å². The van der Waals surface area contributed by atoms with E-state index in [-0.39, 0.29) is 18.0 Å². The van der Waals surface area contributed by atoms with E-state index in [0.717, 1.165) is 23.9 Å². The molecule has 7 heteroatoms. The molecule has 0 saturated heterocycles. The molecule has 1 aromatic heterocycles. The number of carbonyl (C=O) groups excluding carboxylic acids is 1. The number of aryl methyl sites for hydroxylation is 2. The third-order valence-electron chi connectivity index (χ3n) is 6.47. The lowest BCUT2D eigenvalue weighted by molar-refractivity contribution is -0.116. The first-order chi connectivity index (χ1) is 17.9. The summed E-state index contributed by atoms with van der Waals surface area (Å²) >= 11 is 0. The number of rotatable bonds is 10. The minimum atomic E-state index is -0.289. The fraction of sp³-hybridized carbons (Fsp3) is 0.267. The maximum absolute atomic E-state index is 13.6. The molecule has 0 atom stereocenters. The maximum atomic E-state index is 13.6. The molecule has 0 aliphatic rings. The molecule has 192 valence electrons. The van der Waals surface area contributed by atoms with Crippen molar-refractivity contribution in [1.29, 1.82) is 0 Å². The molecular formula is C30H33N3O4. The van der Waals surface area contributed by atoms with Crippen molar-refractivity contribution in [3.05, 3.63) is 93.8 Å². The van der Waals surface area contributed by atoms with Gasteiger partial charge in [-0.2, -0.15) is 0 Å². The normalized spacial score (nSPS) is 10.8. The fourth-order valence-corrected chi connectivity index (χ4v) is 4.27. The van der Waals surface area contributed by atoms with Crippen LogP contribution in [0.5, 0.6) is 11.5 Å². The molecule has 3 aromatic carbocycles. The van der Waals surface area contributed by atoms with Gasteiger partial charge in [0.15, 0.2) is 11.5 Å². The first-order valence-corrected chi connectivity index (χ1v) is 12.5.